The Hall–Kier alpha value is -4.13. The maximum absolute atomic E-state index is 13.0. The molecule has 0 radical (unpaired) electrons. The second-order valence-electron chi connectivity index (χ2n) is 8.87. The van der Waals surface area contributed by atoms with Crippen LogP contribution in [0.5, 0.6) is 5.75 Å². The van der Waals surface area contributed by atoms with Crippen LogP contribution in [0.3, 0.4) is 0 Å². The fourth-order valence-corrected chi connectivity index (χ4v) is 4.55. The van der Waals surface area contributed by atoms with Gasteiger partial charge in [0.1, 0.15) is 5.75 Å². The van der Waals surface area contributed by atoms with Crippen LogP contribution in [0, 0.1) is 0 Å². The largest absolute Gasteiger partial charge is 0.497 e. The third kappa shape index (κ3) is 5.92. The van der Waals surface area contributed by atoms with Crippen molar-refractivity contribution in [1.29, 1.82) is 0 Å². The van der Waals surface area contributed by atoms with E-state index in [9.17, 15) is 14.4 Å². The van der Waals surface area contributed by atoms with E-state index in [1.165, 1.54) is 10.5 Å². The van der Waals surface area contributed by atoms with E-state index in [4.69, 9.17) is 4.74 Å². The number of methoxy groups -OCH3 is 1. The lowest BCUT2D eigenvalue weighted by Crippen LogP contribution is -2.33. The van der Waals surface area contributed by atoms with Crippen LogP contribution >= 0.6 is 0 Å². The van der Waals surface area contributed by atoms with Crippen molar-refractivity contribution >= 4 is 29.1 Å². The summed E-state index contributed by atoms with van der Waals surface area (Å²) < 4.78 is 5.21. The molecule has 7 heteroatoms. The van der Waals surface area contributed by atoms with E-state index in [0.717, 1.165) is 24.8 Å². The smallest absolute Gasteiger partial charge is 0.257 e. The second-order valence-corrected chi connectivity index (χ2v) is 8.87. The van der Waals surface area contributed by atoms with Gasteiger partial charge in [-0.3, -0.25) is 14.4 Å². The van der Waals surface area contributed by atoms with Crippen LogP contribution < -0.4 is 20.3 Å². The van der Waals surface area contributed by atoms with Crippen LogP contribution in [0.15, 0.2) is 72.8 Å². The summed E-state index contributed by atoms with van der Waals surface area (Å²) in [6.45, 7) is 0. The highest BCUT2D eigenvalue weighted by Gasteiger charge is 2.23. The summed E-state index contributed by atoms with van der Waals surface area (Å²) >= 11 is 0. The number of nitrogens with zero attached hydrogens (tertiary/aromatic N) is 1. The Bertz CT molecular complexity index is 1260. The lowest BCUT2D eigenvalue weighted by Gasteiger charge is -2.26. The molecule has 3 aromatic carbocycles. The molecule has 0 aromatic heterocycles. The number of aryl methyl sites for hydroxylation is 1. The lowest BCUT2D eigenvalue weighted by molar-refractivity contribution is -0.125. The highest BCUT2D eigenvalue weighted by Crippen LogP contribution is 2.29. The van der Waals surface area contributed by atoms with Gasteiger partial charge in [-0.15, -0.1) is 0 Å². The first-order chi connectivity index (χ1) is 17.5. The van der Waals surface area contributed by atoms with E-state index in [1.54, 1.807) is 62.7 Å². The maximum Gasteiger partial charge on any atom is 0.257 e. The summed E-state index contributed by atoms with van der Waals surface area (Å²) in [5, 5.41) is 5.94. The molecule has 0 bridgehead atoms. The Morgan fingerprint density at radius 1 is 0.972 bits per heavy atom. The minimum absolute atomic E-state index is 0.0173. The van der Waals surface area contributed by atoms with Gasteiger partial charge < -0.3 is 20.3 Å². The van der Waals surface area contributed by atoms with E-state index in [1.807, 2.05) is 12.1 Å². The Labute approximate surface area is 211 Å². The summed E-state index contributed by atoms with van der Waals surface area (Å²) in [7, 11) is 3.18. The third-order valence-electron chi connectivity index (χ3n) is 6.48. The fraction of sp³-hybridized carbons (Fsp3) is 0.276. The zero-order valence-electron chi connectivity index (χ0n) is 20.6. The molecule has 1 aliphatic rings. The van der Waals surface area contributed by atoms with Gasteiger partial charge in [0.05, 0.1) is 24.4 Å². The molecule has 0 aliphatic heterocycles. The first-order valence-electron chi connectivity index (χ1n) is 12.1. The average Bonchev–Trinajstić information content (AvgIpc) is 2.91. The van der Waals surface area contributed by atoms with Gasteiger partial charge in [-0.1, -0.05) is 42.5 Å². The summed E-state index contributed by atoms with van der Waals surface area (Å²) in [6, 6.07) is 22.1. The van der Waals surface area contributed by atoms with Gasteiger partial charge in [0.2, 0.25) is 11.8 Å². The number of anilines is 2. The number of benzene rings is 3. The Morgan fingerprint density at radius 3 is 2.58 bits per heavy atom. The number of nitrogens with one attached hydrogen (secondary N) is 2. The van der Waals surface area contributed by atoms with Crippen molar-refractivity contribution in [3.63, 3.8) is 0 Å². The highest BCUT2D eigenvalue weighted by atomic mass is 16.5. The summed E-state index contributed by atoms with van der Waals surface area (Å²) in [4.78, 5) is 40.0. The molecule has 1 aliphatic carbocycles. The number of ether oxygens (including phenoxy) is 1. The number of amides is 3. The molecule has 1 atom stereocenters. The zero-order chi connectivity index (χ0) is 25.5. The van der Waals surface area contributed by atoms with E-state index >= 15 is 0 Å². The number of carbonyl (C=O) groups is 3. The van der Waals surface area contributed by atoms with Crippen LogP contribution in [-0.2, 0) is 16.0 Å². The minimum atomic E-state index is -0.341. The third-order valence-corrected chi connectivity index (χ3v) is 6.48. The molecule has 0 spiro atoms. The van der Waals surface area contributed by atoms with Crippen molar-refractivity contribution < 1.29 is 19.1 Å². The van der Waals surface area contributed by atoms with Crippen LogP contribution in [0.4, 0.5) is 11.4 Å². The van der Waals surface area contributed by atoms with Crippen molar-refractivity contribution in [2.24, 2.45) is 0 Å². The van der Waals surface area contributed by atoms with Gasteiger partial charge in [-0.05, 0) is 54.7 Å². The second kappa shape index (κ2) is 11.5. The molecule has 0 saturated carbocycles. The summed E-state index contributed by atoms with van der Waals surface area (Å²) in [5.74, 6) is -0.103. The molecule has 4 rings (SSSR count). The van der Waals surface area contributed by atoms with E-state index in [-0.39, 0.29) is 36.6 Å². The van der Waals surface area contributed by atoms with Crippen LogP contribution in [-0.4, -0.2) is 31.9 Å². The van der Waals surface area contributed by atoms with Gasteiger partial charge in [0, 0.05) is 31.6 Å². The monoisotopic (exact) mass is 485 g/mol. The van der Waals surface area contributed by atoms with E-state index in [2.05, 4.69) is 22.8 Å². The topological polar surface area (TPSA) is 87.7 Å². The van der Waals surface area contributed by atoms with E-state index < -0.39 is 0 Å². The van der Waals surface area contributed by atoms with Gasteiger partial charge in [0.25, 0.3) is 5.91 Å². The van der Waals surface area contributed by atoms with Crippen molar-refractivity contribution in [3.8, 4) is 5.75 Å². The Balaban J connectivity index is 1.37. The number of rotatable bonds is 8. The molecule has 0 heterocycles. The molecule has 2 N–H and O–H groups in total. The van der Waals surface area contributed by atoms with Crippen LogP contribution in [0.25, 0.3) is 0 Å². The predicted octanol–water partition coefficient (Wildman–Crippen LogP) is 4.88. The van der Waals surface area contributed by atoms with Gasteiger partial charge >= 0.3 is 0 Å². The molecular weight excluding hydrogens is 454 g/mol. The molecule has 3 amide bonds. The molecule has 36 heavy (non-hydrogen) atoms. The lowest BCUT2D eigenvalue weighted by atomic mass is 9.87. The average molecular weight is 486 g/mol. The maximum atomic E-state index is 13.0. The van der Waals surface area contributed by atoms with E-state index in [0.29, 0.717) is 22.7 Å². The van der Waals surface area contributed by atoms with Crippen molar-refractivity contribution in [2.45, 2.75) is 38.1 Å². The number of hydrogen-bond donors (Lipinski definition) is 2. The number of hydrogen-bond acceptors (Lipinski definition) is 4. The molecule has 3 aromatic rings. The highest BCUT2D eigenvalue weighted by molar-refractivity contribution is 6.10. The SMILES string of the molecule is COc1cccc(NC(=O)c2ccccc2N(C)C(=O)CCC(=O)N[C@H]2CCCc3ccccc32)c1. The van der Waals surface area contributed by atoms with Gasteiger partial charge in [0.15, 0.2) is 0 Å². The summed E-state index contributed by atoms with van der Waals surface area (Å²) in [5.41, 5.74) is 3.86. The quantitative estimate of drug-likeness (QED) is 0.476. The Kier molecular flexibility index (Phi) is 8.00. The van der Waals surface area contributed by atoms with Crippen molar-refractivity contribution in [2.75, 3.05) is 24.4 Å². The normalized spacial score (nSPS) is 14.3. The van der Waals surface area contributed by atoms with Crippen LogP contribution in [0.1, 0.15) is 53.2 Å². The Morgan fingerprint density at radius 2 is 1.75 bits per heavy atom. The molecule has 0 fully saturated rings. The summed E-state index contributed by atoms with van der Waals surface area (Å²) in [6.07, 6.45) is 3.07. The number of fused-ring (bicyclic) bond motifs is 1. The molecule has 0 unspecified atom stereocenters. The fourth-order valence-electron chi connectivity index (χ4n) is 4.55. The van der Waals surface area contributed by atoms with Gasteiger partial charge in [-0.2, -0.15) is 0 Å². The zero-order valence-corrected chi connectivity index (χ0v) is 20.6. The molecular formula is C29H31N3O4. The first kappa shape index (κ1) is 25.0. The number of para-hydroxylation sites is 1. The molecule has 7 nitrogen and oxygen atoms in total. The predicted molar refractivity (Wildman–Crippen MR) is 140 cm³/mol. The number of carbonyl (C=O) groups excluding carboxylic acids is 3. The standard InChI is InChI=1S/C29H31N3O4/c1-32(26-16-6-5-14-24(26)29(35)30-21-11-8-12-22(19-21)36-2)28(34)18-17-27(33)31-25-15-7-10-20-9-3-4-13-23(20)25/h3-6,8-9,11-14,16,19,25H,7,10,15,17-18H2,1-2H3,(H,30,35)(H,31,33)/t25-/m0/s1. The van der Waals surface area contributed by atoms with Gasteiger partial charge in [-0.25, -0.2) is 0 Å². The van der Waals surface area contributed by atoms with Crippen molar-refractivity contribution in [3.05, 3.63) is 89.5 Å². The molecule has 186 valence electrons. The van der Waals surface area contributed by atoms with Crippen molar-refractivity contribution in [1.82, 2.24) is 5.32 Å². The first-order valence-corrected chi connectivity index (χ1v) is 12.1. The molecule has 0 saturated heterocycles. The minimum Gasteiger partial charge on any atom is -0.497 e. The van der Waals surface area contributed by atoms with Crippen LogP contribution in [0.2, 0.25) is 0 Å².